The van der Waals surface area contributed by atoms with Gasteiger partial charge >= 0.3 is 0 Å². The van der Waals surface area contributed by atoms with E-state index in [-0.39, 0.29) is 0 Å². The molecule has 0 radical (unpaired) electrons. The minimum atomic E-state index is 0.683. The van der Waals surface area contributed by atoms with Crippen LogP contribution in [0.25, 0.3) is 22.7 Å². The summed E-state index contributed by atoms with van der Waals surface area (Å²) >= 11 is 0. The van der Waals surface area contributed by atoms with Crippen LogP contribution in [0.15, 0.2) is 54.7 Å². The van der Waals surface area contributed by atoms with Gasteiger partial charge in [-0.15, -0.1) is 0 Å². The average Bonchev–Trinajstić information content (AvgIpc) is 2.90. The van der Waals surface area contributed by atoms with E-state index in [4.69, 9.17) is 5.26 Å². The molecule has 0 unspecified atom stereocenters. The zero-order valence-corrected chi connectivity index (χ0v) is 11.4. The third kappa shape index (κ3) is 1.73. The summed E-state index contributed by atoms with van der Waals surface area (Å²) in [6.07, 6.45) is 4.12. The van der Waals surface area contributed by atoms with Crippen LogP contribution >= 0.6 is 0 Å². The molecule has 0 fully saturated rings. The molecule has 1 N–H and O–H groups in total. The van der Waals surface area contributed by atoms with Crippen molar-refractivity contribution in [2.45, 2.75) is 6.54 Å². The van der Waals surface area contributed by atoms with Crippen molar-refractivity contribution in [1.29, 1.82) is 5.26 Å². The third-order valence-corrected chi connectivity index (χ3v) is 3.91. The number of nitrogens with one attached hydrogen (secondary N) is 1. The second-order valence-electron chi connectivity index (χ2n) is 5.09. The Morgan fingerprint density at radius 1 is 1.05 bits per heavy atom. The van der Waals surface area contributed by atoms with Crippen LogP contribution in [0.5, 0.6) is 0 Å². The van der Waals surface area contributed by atoms with Gasteiger partial charge in [-0.05, 0) is 42.6 Å². The third-order valence-electron chi connectivity index (χ3n) is 3.91. The summed E-state index contributed by atoms with van der Waals surface area (Å²) in [7, 11) is 0. The van der Waals surface area contributed by atoms with Crippen molar-refractivity contribution in [1.82, 2.24) is 9.88 Å². The van der Waals surface area contributed by atoms with Gasteiger partial charge in [-0.2, -0.15) is 5.26 Å². The van der Waals surface area contributed by atoms with Crippen LogP contribution in [0.3, 0.4) is 0 Å². The summed E-state index contributed by atoms with van der Waals surface area (Å²) in [6, 6.07) is 18.3. The zero-order valence-electron chi connectivity index (χ0n) is 11.4. The van der Waals surface area contributed by atoms with Gasteiger partial charge < -0.3 is 9.88 Å². The van der Waals surface area contributed by atoms with Gasteiger partial charge in [0.2, 0.25) is 0 Å². The Kier molecular flexibility index (Phi) is 2.55. The first-order valence-electron chi connectivity index (χ1n) is 6.91. The summed E-state index contributed by atoms with van der Waals surface area (Å²) in [5.74, 6) is 0. The number of nitrogens with zero attached hydrogens (tertiary/aromatic N) is 2. The molecule has 0 atom stereocenters. The molecule has 2 heterocycles. The molecule has 3 nitrogen and oxygen atoms in total. The molecule has 0 saturated carbocycles. The molecule has 0 amide bonds. The quantitative estimate of drug-likeness (QED) is 0.735. The molecular weight excluding hydrogens is 258 g/mol. The van der Waals surface area contributed by atoms with Crippen molar-refractivity contribution >= 4 is 17.0 Å². The molecule has 21 heavy (non-hydrogen) atoms. The topological polar surface area (TPSA) is 40.8 Å². The number of fused-ring (bicyclic) bond motifs is 3. The van der Waals surface area contributed by atoms with E-state index < -0.39 is 0 Å². The SMILES string of the molecule is N#Cc1ccc(-n2c3c(c4ccccc42)C=CNC3)cc1. The van der Waals surface area contributed by atoms with Crippen LogP contribution in [-0.4, -0.2) is 4.57 Å². The Bertz CT molecular complexity index is 893. The Morgan fingerprint density at radius 2 is 1.86 bits per heavy atom. The number of rotatable bonds is 1. The molecule has 1 aliphatic heterocycles. The predicted octanol–water partition coefficient (Wildman–Crippen LogP) is 3.58. The molecule has 4 rings (SSSR count). The lowest BCUT2D eigenvalue weighted by Crippen LogP contribution is -2.13. The summed E-state index contributed by atoms with van der Waals surface area (Å²) < 4.78 is 2.27. The molecule has 100 valence electrons. The van der Waals surface area contributed by atoms with E-state index in [1.165, 1.54) is 22.2 Å². The lowest BCUT2D eigenvalue weighted by atomic mass is 10.1. The maximum Gasteiger partial charge on any atom is 0.0991 e. The highest BCUT2D eigenvalue weighted by Gasteiger charge is 2.17. The normalized spacial score (nSPS) is 12.7. The molecule has 0 aliphatic carbocycles. The highest BCUT2D eigenvalue weighted by Crippen LogP contribution is 2.31. The molecule has 1 aromatic heterocycles. The smallest absolute Gasteiger partial charge is 0.0991 e. The van der Waals surface area contributed by atoms with Crippen LogP contribution in [0.2, 0.25) is 0 Å². The van der Waals surface area contributed by atoms with Gasteiger partial charge in [-0.3, -0.25) is 0 Å². The van der Waals surface area contributed by atoms with Gasteiger partial charge in [0, 0.05) is 16.6 Å². The molecule has 0 bridgehead atoms. The van der Waals surface area contributed by atoms with Crippen LogP contribution in [0.4, 0.5) is 0 Å². The Labute approximate surface area is 122 Å². The first-order valence-corrected chi connectivity index (χ1v) is 6.91. The van der Waals surface area contributed by atoms with E-state index in [9.17, 15) is 0 Å². The Balaban J connectivity index is 2.03. The number of nitriles is 1. The van der Waals surface area contributed by atoms with Gasteiger partial charge in [0.25, 0.3) is 0 Å². The zero-order chi connectivity index (χ0) is 14.2. The summed E-state index contributed by atoms with van der Waals surface area (Å²) in [5.41, 5.74) is 5.49. The molecular formula is C18H13N3. The van der Waals surface area contributed by atoms with Crippen molar-refractivity contribution in [3.63, 3.8) is 0 Å². The van der Waals surface area contributed by atoms with Gasteiger partial charge in [0.05, 0.1) is 29.4 Å². The monoisotopic (exact) mass is 271 g/mol. The highest BCUT2D eigenvalue weighted by molar-refractivity contribution is 5.93. The second-order valence-corrected chi connectivity index (χ2v) is 5.09. The van der Waals surface area contributed by atoms with Crippen molar-refractivity contribution in [2.24, 2.45) is 0 Å². The lowest BCUT2D eigenvalue weighted by molar-refractivity contribution is 0.803. The molecule has 0 spiro atoms. The summed E-state index contributed by atoms with van der Waals surface area (Å²) in [5, 5.41) is 13.5. The minimum Gasteiger partial charge on any atom is -0.385 e. The molecule has 1 aliphatic rings. The molecule has 3 heteroatoms. The maximum absolute atomic E-state index is 8.95. The minimum absolute atomic E-state index is 0.683. The van der Waals surface area contributed by atoms with Gasteiger partial charge in [0.1, 0.15) is 0 Å². The fourth-order valence-electron chi connectivity index (χ4n) is 2.96. The standard InChI is InChI=1S/C18H13N3/c19-11-13-5-7-14(8-6-13)21-17-4-2-1-3-15(17)16-9-10-20-12-18(16)21/h1-10,20H,12H2. The average molecular weight is 271 g/mol. The van der Waals surface area contributed by atoms with E-state index >= 15 is 0 Å². The van der Waals surface area contributed by atoms with E-state index in [0.29, 0.717) is 5.56 Å². The van der Waals surface area contributed by atoms with Crippen molar-refractivity contribution in [3.8, 4) is 11.8 Å². The molecule has 3 aromatic rings. The van der Waals surface area contributed by atoms with E-state index in [0.717, 1.165) is 12.2 Å². The lowest BCUT2D eigenvalue weighted by Gasteiger charge is -2.14. The number of hydrogen-bond acceptors (Lipinski definition) is 2. The molecule has 0 saturated heterocycles. The first-order chi connectivity index (χ1) is 10.4. The number of hydrogen-bond donors (Lipinski definition) is 1. The Hall–Kier alpha value is -2.99. The van der Waals surface area contributed by atoms with Crippen LogP contribution in [0.1, 0.15) is 16.8 Å². The largest absolute Gasteiger partial charge is 0.385 e. The fourth-order valence-corrected chi connectivity index (χ4v) is 2.96. The van der Waals surface area contributed by atoms with Gasteiger partial charge in [0.15, 0.2) is 0 Å². The van der Waals surface area contributed by atoms with Crippen molar-refractivity contribution in [2.75, 3.05) is 0 Å². The predicted molar refractivity (Wildman–Crippen MR) is 83.9 cm³/mol. The maximum atomic E-state index is 8.95. The number of para-hydroxylation sites is 1. The van der Waals surface area contributed by atoms with E-state index in [2.05, 4.69) is 46.3 Å². The summed E-state index contributed by atoms with van der Waals surface area (Å²) in [6.45, 7) is 0.806. The first kappa shape index (κ1) is 11.8. The highest BCUT2D eigenvalue weighted by atomic mass is 15.0. The van der Waals surface area contributed by atoms with E-state index in [1.54, 1.807) is 0 Å². The van der Waals surface area contributed by atoms with E-state index in [1.807, 2.05) is 30.5 Å². The van der Waals surface area contributed by atoms with Crippen LogP contribution in [-0.2, 0) is 6.54 Å². The van der Waals surface area contributed by atoms with Crippen LogP contribution in [0, 0.1) is 11.3 Å². The van der Waals surface area contributed by atoms with Gasteiger partial charge in [-0.1, -0.05) is 18.2 Å². The fraction of sp³-hybridized carbons (Fsp3) is 0.0556. The van der Waals surface area contributed by atoms with Crippen LogP contribution < -0.4 is 5.32 Å². The van der Waals surface area contributed by atoms with Gasteiger partial charge in [-0.25, -0.2) is 0 Å². The second kappa shape index (κ2) is 4.53. The Morgan fingerprint density at radius 3 is 2.67 bits per heavy atom. The summed E-state index contributed by atoms with van der Waals surface area (Å²) in [4.78, 5) is 0. The van der Waals surface area contributed by atoms with Crippen molar-refractivity contribution in [3.05, 3.63) is 71.6 Å². The number of aromatic nitrogens is 1. The number of benzene rings is 2. The van der Waals surface area contributed by atoms with Crippen molar-refractivity contribution < 1.29 is 0 Å². The molecule has 2 aromatic carbocycles.